The van der Waals surface area contributed by atoms with E-state index in [2.05, 4.69) is 35.2 Å². The summed E-state index contributed by atoms with van der Waals surface area (Å²) in [5.41, 5.74) is 7.11. The fraction of sp³-hybridized carbons (Fsp3) is 0.625. The van der Waals surface area contributed by atoms with Gasteiger partial charge in [-0.1, -0.05) is 30.3 Å². The molecule has 1 aliphatic rings. The molecule has 0 bridgehead atoms. The average molecular weight is 315 g/mol. The van der Waals surface area contributed by atoms with Gasteiger partial charge in [-0.15, -0.1) is 12.4 Å². The second-order valence-corrected chi connectivity index (χ2v) is 6.53. The van der Waals surface area contributed by atoms with E-state index in [-0.39, 0.29) is 12.4 Å². The van der Waals surface area contributed by atoms with Crippen LogP contribution in [0.25, 0.3) is 0 Å². The predicted molar refractivity (Wildman–Crippen MR) is 92.7 cm³/mol. The maximum atomic E-state index is 5.67. The molecule has 2 nitrogen and oxygen atoms in total. The average Bonchev–Trinajstić information content (AvgIpc) is 2.46. The van der Waals surface area contributed by atoms with Gasteiger partial charge in [-0.2, -0.15) is 11.8 Å². The molecule has 0 radical (unpaired) electrons. The Bertz CT molecular complexity index is 346. The number of nitrogens with two attached hydrogens (primary N) is 1. The molecule has 1 aromatic rings. The van der Waals surface area contributed by atoms with Gasteiger partial charge in [0.1, 0.15) is 0 Å². The first-order valence-electron chi connectivity index (χ1n) is 7.42. The third-order valence-corrected chi connectivity index (χ3v) is 4.85. The van der Waals surface area contributed by atoms with Gasteiger partial charge in [-0.3, -0.25) is 0 Å². The zero-order valence-corrected chi connectivity index (χ0v) is 13.8. The Morgan fingerprint density at radius 1 is 1.25 bits per heavy atom. The lowest BCUT2D eigenvalue weighted by molar-refractivity contribution is 0.179. The van der Waals surface area contributed by atoms with E-state index < -0.39 is 0 Å². The SMILES string of the molecule is Cl.NCCC1CCCN(CCSCc2ccccc2)C1. The molecule has 1 aliphatic heterocycles. The van der Waals surface area contributed by atoms with Crippen molar-refractivity contribution in [1.82, 2.24) is 4.90 Å². The third kappa shape index (κ3) is 6.49. The fourth-order valence-corrected chi connectivity index (χ4v) is 3.74. The smallest absolute Gasteiger partial charge is 0.0185 e. The zero-order chi connectivity index (χ0) is 13.3. The summed E-state index contributed by atoms with van der Waals surface area (Å²) >= 11 is 2.05. The highest BCUT2D eigenvalue weighted by atomic mass is 35.5. The predicted octanol–water partition coefficient (Wildman–Crippen LogP) is 3.40. The summed E-state index contributed by atoms with van der Waals surface area (Å²) in [6, 6.07) is 10.8. The molecule has 1 atom stereocenters. The summed E-state index contributed by atoms with van der Waals surface area (Å²) in [6.07, 6.45) is 3.94. The van der Waals surface area contributed by atoms with E-state index in [1.807, 2.05) is 11.8 Å². The van der Waals surface area contributed by atoms with Gasteiger partial charge in [0, 0.05) is 24.6 Å². The molecule has 0 saturated carbocycles. The van der Waals surface area contributed by atoms with Crippen LogP contribution in [-0.4, -0.2) is 36.8 Å². The molecule has 1 fully saturated rings. The molecule has 20 heavy (non-hydrogen) atoms. The van der Waals surface area contributed by atoms with Crippen molar-refractivity contribution in [2.24, 2.45) is 11.7 Å². The van der Waals surface area contributed by atoms with Gasteiger partial charge < -0.3 is 10.6 Å². The van der Waals surface area contributed by atoms with Crippen molar-refractivity contribution in [2.75, 3.05) is 31.9 Å². The van der Waals surface area contributed by atoms with Crippen LogP contribution in [-0.2, 0) is 5.75 Å². The van der Waals surface area contributed by atoms with E-state index in [0.29, 0.717) is 0 Å². The lowest BCUT2D eigenvalue weighted by atomic mass is 9.95. The van der Waals surface area contributed by atoms with Crippen molar-refractivity contribution in [3.8, 4) is 0 Å². The van der Waals surface area contributed by atoms with Crippen LogP contribution in [0.4, 0.5) is 0 Å². The highest BCUT2D eigenvalue weighted by molar-refractivity contribution is 7.98. The molecule has 2 N–H and O–H groups in total. The first kappa shape index (κ1) is 17.8. The minimum atomic E-state index is 0. The lowest BCUT2D eigenvalue weighted by Gasteiger charge is -2.32. The molecule has 0 amide bonds. The van der Waals surface area contributed by atoms with Gasteiger partial charge in [0.05, 0.1) is 0 Å². The van der Waals surface area contributed by atoms with E-state index in [9.17, 15) is 0 Å². The zero-order valence-electron chi connectivity index (χ0n) is 12.2. The van der Waals surface area contributed by atoms with E-state index in [1.165, 1.54) is 50.2 Å². The summed E-state index contributed by atoms with van der Waals surface area (Å²) in [5.74, 6) is 3.23. The number of likely N-dealkylation sites (tertiary alicyclic amines) is 1. The second-order valence-electron chi connectivity index (χ2n) is 5.42. The topological polar surface area (TPSA) is 29.3 Å². The van der Waals surface area contributed by atoms with Gasteiger partial charge in [0.25, 0.3) is 0 Å². The van der Waals surface area contributed by atoms with E-state index in [4.69, 9.17) is 5.73 Å². The van der Waals surface area contributed by atoms with Crippen LogP contribution >= 0.6 is 24.2 Å². The Morgan fingerprint density at radius 2 is 2.05 bits per heavy atom. The monoisotopic (exact) mass is 314 g/mol. The van der Waals surface area contributed by atoms with Crippen molar-refractivity contribution in [3.05, 3.63) is 35.9 Å². The summed E-state index contributed by atoms with van der Waals surface area (Å²) < 4.78 is 0. The molecule has 2 rings (SSSR count). The first-order chi connectivity index (χ1) is 9.38. The summed E-state index contributed by atoms with van der Waals surface area (Å²) in [5, 5.41) is 0. The lowest BCUT2D eigenvalue weighted by Crippen LogP contribution is -2.37. The van der Waals surface area contributed by atoms with Crippen LogP contribution in [0.2, 0.25) is 0 Å². The quantitative estimate of drug-likeness (QED) is 0.782. The molecule has 0 spiro atoms. The Kier molecular flexibility index (Phi) is 9.36. The Morgan fingerprint density at radius 3 is 2.80 bits per heavy atom. The Hall–Kier alpha value is -0.220. The summed E-state index contributed by atoms with van der Waals surface area (Å²) in [7, 11) is 0. The standard InChI is InChI=1S/C16H26N2S.ClH/c17-9-8-15-7-4-10-18(13-15)11-12-19-14-16-5-2-1-3-6-16;/h1-3,5-6,15H,4,7-14,17H2;1H. The molecule has 1 saturated heterocycles. The molecule has 1 aromatic carbocycles. The van der Waals surface area contributed by atoms with E-state index in [0.717, 1.165) is 18.2 Å². The van der Waals surface area contributed by atoms with Crippen molar-refractivity contribution >= 4 is 24.2 Å². The van der Waals surface area contributed by atoms with Crippen LogP contribution in [0, 0.1) is 5.92 Å². The van der Waals surface area contributed by atoms with E-state index in [1.54, 1.807) is 0 Å². The first-order valence-corrected chi connectivity index (χ1v) is 8.58. The van der Waals surface area contributed by atoms with Gasteiger partial charge in [0.2, 0.25) is 0 Å². The van der Waals surface area contributed by atoms with Gasteiger partial charge in [0.15, 0.2) is 0 Å². The second kappa shape index (κ2) is 10.5. The van der Waals surface area contributed by atoms with Crippen LogP contribution in [0.1, 0.15) is 24.8 Å². The van der Waals surface area contributed by atoms with Crippen molar-refractivity contribution in [2.45, 2.75) is 25.0 Å². The fourth-order valence-electron chi connectivity index (χ4n) is 2.78. The molecule has 1 unspecified atom stereocenters. The normalized spacial score (nSPS) is 19.6. The molecular formula is C16H27ClN2S. The number of piperidine rings is 1. The molecular weight excluding hydrogens is 288 g/mol. The number of halogens is 1. The Labute approximate surface area is 133 Å². The van der Waals surface area contributed by atoms with Crippen LogP contribution in [0.3, 0.4) is 0 Å². The molecule has 0 aliphatic carbocycles. The molecule has 114 valence electrons. The van der Waals surface area contributed by atoms with Crippen LogP contribution < -0.4 is 5.73 Å². The molecule has 0 aromatic heterocycles. The van der Waals surface area contributed by atoms with Crippen molar-refractivity contribution < 1.29 is 0 Å². The maximum absolute atomic E-state index is 5.67. The van der Waals surface area contributed by atoms with Crippen LogP contribution in [0.5, 0.6) is 0 Å². The third-order valence-electron chi connectivity index (χ3n) is 3.84. The summed E-state index contributed by atoms with van der Waals surface area (Å²) in [4.78, 5) is 2.63. The minimum absolute atomic E-state index is 0. The number of hydrogen-bond donors (Lipinski definition) is 1. The number of nitrogens with zero attached hydrogens (tertiary/aromatic N) is 1. The highest BCUT2D eigenvalue weighted by Gasteiger charge is 2.18. The van der Waals surface area contributed by atoms with Crippen molar-refractivity contribution in [1.29, 1.82) is 0 Å². The van der Waals surface area contributed by atoms with Crippen molar-refractivity contribution in [3.63, 3.8) is 0 Å². The number of hydrogen-bond acceptors (Lipinski definition) is 3. The van der Waals surface area contributed by atoms with Gasteiger partial charge >= 0.3 is 0 Å². The highest BCUT2D eigenvalue weighted by Crippen LogP contribution is 2.19. The largest absolute Gasteiger partial charge is 0.330 e. The van der Waals surface area contributed by atoms with Crippen LogP contribution in [0.15, 0.2) is 30.3 Å². The Balaban J connectivity index is 0.00000200. The number of benzene rings is 1. The van der Waals surface area contributed by atoms with Gasteiger partial charge in [-0.05, 0) is 43.8 Å². The van der Waals surface area contributed by atoms with E-state index >= 15 is 0 Å². The number of rotatable bonds is 7. The maximum Gasteiger partial charge on any atom is 0.0185 e. The van der Waals surface area contributed by atoms with Gasteiger partial charge in [-0.25, -0.2) is 0 Å². The minimum Gasteiger partial charge on any atom is -0.330 e. The molecule has 1 heterocycles. The number of thioether (sulfide) groups is 1. The molecule has 4 heteroatoms. The summed E-state index contributed by atoms with van der Waals surface area (Å²) in [6.45, 7) is 4.63.